The monoisotopic (exact) mass is 264 g/mol. The van der Waals surface area contributed by atoms with Crippen LogP contribution in [0.15, 0.2) is 6.07 Å². The summed E-state index contributed by atoms with van der Waals surface area (Å²) in [6.45, 7) is 3.74. The van der Waals surface area contributed by atoms with Crippen LogP contribution in [0.2, 0.25) is 0 Å². The van der Waals surface area contributed by atoms with Gasteiger partial charge in [0.1, 0.15) is 11.6 Å². The number of nitrogens with zero attached hydrogens (tertiary/aromatic N) is 3. The zero-order valence-corrected chi connectivity index (χ0v) is 12.0. The Labute approximate surface area is 114 Å². The summed E-state index contributed by atoms with van der Waals surface area (Å²) in [5.74, 6) is 1.86. The zero-order chi connectivity index (χ0) is 13.9. The highest BCUT2D eigenvalue weighted by molar-refractivity contribution is 5.51. The van der Waals surface area contributed by atoms with Crippen LogP contribution in [-0.2, 0) is 0 Å². The molecule has 1 fully saturated rings. The summed E-state index contributed by atoms with van der Waals surface area (Å²) in [7, 11) is 4.28. The summed E-state index contributed by atoms with van der Waals surface area (Å²) in [5.41, 5.74) is 5.98. The van der Waals surface area contributed by atoms with Gasteiger partial charge in [0.15, 0.2) is 0 Å². The number of hydrogen-bond acceptors (Lipinski definition) is 6. The number of likely N-dealkylation sites (N-methyl/N-ethyl adjacent to an activating group) is 1. The van der Waals surface area contributed by atoms with Crippen LogP contribution in [0.25, 0.3) is 0 Å². The lowest BCUT2D eigenvalue weighted by molar-refractivity contribution is 0.0738. The Morgan fingerprint density at radius 2 is 1.89 bits per heavy atom. The molecule has 0 atom stereocenters. The third-order valence-corrected chi connectivity index (χ3v) is 3.93. The molecule has 0 aliphatic heterocycles. The predicted octanol–water partition coefficient (Wildman–Crippen LogP) is 1.39. The second-order valence-corrected chi connectivity index (χ2v) is 5.35. The highest BCUT2D eigenvalue weighted by Gasteiger charge is 2.38. The van der Waals surface area contributed by atoms with E-state index in [1.807, 2.05) is 13.0 Å². The molecule has 1 saturated carbocycles. The smallest absolute Gasteiger partial charge is 0.223 e. The summed E-state index contributed by atoms with van der Waals surface area (Å²) < 4.78 is 0. The first-order chi connectivity index (χ1) is 9.05. The molecule has 0 unspecified atom stereocenters. The van der Waals surface area contributed by atoms with Gasteiger partial charge in [0.05, 0.1) is 0 Å². The van der Waals surface area contributed by atoms with Crippen molar-refractivity contribution in [3.05, 3.63) is 6.07 Å². The summed E-state index contributed by atoms with van der Waals surface area (Å²) in [5, 5.41) is 6.55. The summed E-state index contributed by atoms with van der Waals surface area (Å²) in [6.07, 6.45) is 3.76. The first-order valence-corrected chi connectivity index (χ1v) is 6.85. The predicted molar refractivity (Wildman–Crippen MR) is 79.4 cm³/mol. The highest BCUT2D eigenvalue weighted by Crippen LogP contribution is 2.36. The topological polar surface area (TPSA) is 79.1 Å². The molecule has 0 bridgehead atoms. The van der Waals surface area contributed by atoms with Gasteiger partial charge >= 0.3 is 0 Å². The van der Waals surface area contributed by atoms with E-state index in [9.17, 15) is 0 Å². The lowest BCUT2D eigenvalue weighted by atomic mass is 9.75. The molecule has 1 aromatic rings. The Bertz CT molecular complexity index is 427. The first-order valence-electron chi connectivity index (χ1n) is 6.85. The quantitative estimate of drug-likeness (QED) is 0.720. The van der Waals surface area contributed by atoms with Gasteiger partial charge in [-0.15, -0.1) is 0 Å². The van der Waals surface area contributed by atoms with Gasteiger partial charge in [0.2, 0.25) is 5.95 Å². The third kappa shape index (κ3) is 3.07. The van der Waals surface area contributed by atoms with E-state index >= 15 is 0 Å². The van der Waals surface area contributed by atoms with Crippen LogP contribution in [0.5, 0.6) is 0 Å². The molecule has 0 spiro atoms. The normalized spacial score (nSPS) is 17.1. The number of nitrogen functional groups attached to an aromatic ring is 1. The van der Waals surface area contributed by atoms with E-state index in [0.717, 1.165) is 24.7 Å². The van der Waals surface area contributed by atoms with Gasteiger partial charge in [-0.25, -0.2) is 0 Å². The fourth-order valence-corrected chi connectivity index (χ4v) is 2.45. The van der Waals surface area contributed by atoms with Crippen molar-refractivity contribution in [3.63, 3.8) is 0 Å². The largest absolute Gasteiger partial charge is 0.370 e. The Morgan fingerprint density at radius 1 is 1.26 bits per heavy atom. The molecule has 4 N–H and O–H groups in total. The van der Waals surface area contributed by atoms with E-state index in [-0.39, 0.29) is 5.54 Å². The minimum absolute atomic E-state index is 0.262. The lowest BCUT2D eigenvalue weighted by Gasteiger charge is -2.47. The highest BCUT2D eigenvalue weighted by atomic mass is 15.2. The number of aromatic nitrogens is 2. The number of nitrogens with one attached hydrogen (secondary N) is 2. The minimum atomic E-state index is 0.262. The van der Waals surface area contributed by atoms with Crippen molar-refractivity contribution < 1.29 is 0 Å². The molecule has 106 valence electrons. The van der Waals surface area contributed by atoms with Gasteiger partial charge in [-0.3, -0.25) is 0 Å². The zero-order valence-electron chi connectivity index (χ0n) is 12.0. The van der Waals surface area contributed by atoms with Crippen molar-refractivity contribution in [2.45, 2.75) is 31.7 Å². The van der Waals surface area contributed by atoms with E-state index in [0.29, 0.717) is 5.95 Å². The second-order valence-electron chi connectivity index (χ2n) is 5.35. The second kappa shape index (κ2) is 5.61. The summed E-state index contributed by atoms with van der Waals surface area (Å²) in [6, 6.07) is 1.90. The van der Waals surface area contributed by atoms with Crippen LogP contribution in [0, 0.1) is 0 Å². The molecule has 2 rings (SSSR count). The van der Waals surface area contributed by atoms with E-state index < -0.39 is 0 Å². The van der Waals surface area contributed by atoms with Crippen molar-refractivity contribution in [2.24, 2.45) is 0 Å². The average molecular weight is 264 g/mol. The van der Waals surface area contributed by atoms with Crippen LogP contribution in [0.4, 0.5) is 17.6 Å². The maximum absolute atomic E-state index is 5.72. The van der Waals surface area contributed by atoms with E-state index in [1.165, 1.54) is 19.3 Å². The fourth-order valence-electron chi connectivity index (χ4n) is 2.45. The molecule has 0 amide bonds. The van der Waals surface area contributed by atoms with Crippen LogP contribution in [-0.4, -0.2) is 47.6 Å². The summed E-state index contributed by atoms with van der Waals surface area (Å²) >= 11 is 0. The molecule has 1 aromatic heterocycles. The van der Waals surface area contributed by atoms with Crippen molar-refractivity contribution in [1.82, 2.24) is 14.9 Å². The SMILES string of the molecule is CCNc1cc(NCC2(N(C)C)CCC2)nc(N)n1. The van der Waals surface area contributed by atoms with Gasteiger partial charge < -0.3 is 21.3 Å². The average Bonchev–Trinajstić information content (AvgIpc) is 2.26. The van der Waals surface area contributed by atoms with Crippen molar-refractivity contribution in [2.75, 3.05) is 43.6 Å². The molecule has 6 nitrogen and oxygen atoms in total. The molecule has 6 heteroatoms. The molecule has 1 aliphatic rings. The van der Waals surface area contributed by atoms with Gasteiger partial charge in [0, 0.05) is 24.7 Å². The van der Waals surface area contributed by atoms with Crippen LogP contribution in [0.3, 0.4) is 0 Å². The van der Waals surface area contributed by atoms with Gasteiger partial charge in [-0.05, 0) is 40.3 Å². The molecule has 0 radical (unpaired) electrons. The third-order valence-electron chi connectivity index (χ3n) is 3.93. The molecule has 19 heavy (non-hydrogen) atoms. The van der Waals surface area contributed by atoms with Crippen LogP contribution in [0.1, 0.15) is 26.2 Å². The van der Waals surface area contributed by atoms with E-state index in [1.54, 1.807) is 0 Å². The van der Waals surface area contributed by atoms with Gasteiger partial charge in [0.25, 0.3) is 0 Å². The number of hydrogen-bond donors (Lipinski definition) is 3. The number of nitrogens with two attached hydrogens (primary N) is 1. The Balaban J connectivity index is 2.02. The van der Waals surface area contributed by atoms with Crippen LogP contribution >= 0.6 is 0 Å². The summed E-state index contributed by atoms with van der Waals surface area (Å²) in [4.78, 5) is 10.7. The molecule has 0 saturated heterocycles. The van der Waals surface area contributed by atoms with E-state index in [4.69, 9.17) is 5.73 Å². The Hall–Kier alpha value is -1.56. The standard InChI is InChI=1S/C13H24N6/c1-4-15-10-8-11(18-12(14)17-10)16-9-13(19(2)3)6-5-7-13/h8H,4-7,9H2,1-3H3,(H4,14,15,16,17,18). The number of anilines is 3. The Morgan fingerprint density at radius 3 is 2.37 bits per heavy atom. The molecule has 1 heterocycles. The fraction of sp³-hybridized carbons (Fsp3) is 0.692. The van der Waals surface area contributed by atoms with Crippen molar-refractivity contribution in [3.8, 4) is 0 Å². The van der Waals surface area contributed by atoms with Gasteiger partial charge in [-0.2, -0.15) is 9.97 Å². The molecule has 1 aliphatic carbocycles. The molecule has 0 aromatic carbocycles. The maximum atomic E-state index is 5.72. The van der Waals surface area contributed by atoms with Crippen LogP contribution < -0.4 is 16.4 Å². The molecular formula is C13H24N6. The lowest BCUT2D eigenvalue weighted by Crippen LogP contribution is -2.54. The van der Waals surface area contributed by atoms with Crippen molar-refractivity contribution in [1.29, 1.82) is 0 Å². The number of rotatable bonds is 6. The Kier molecular flexibility index (Phi) is 4.09. The minimum Gasteiger partial charge on any atom is -0.370 e. The molecular weight excluding hydrogens is 240 g/mol. The van der Waals surface area contributed by atoms with Crippen molar-refractivity contribution >= 4 is 17.6 Å². The first kappa shape index (κ1) is 13.9. The maximum Gasteiger partial charge on any atom is 0.223 e. The van der Waals surface area contributed by atoms with Gasteiger partial charge in [-0.1, -0.05) is 0 Å². The van der Waals surface area contributed by atoms with E-state index in [2.05, 4.69) is 39.6 Å².